The summed E-state index contributed by atoms with van der Waals surface area (Å²) in [5.41, 5.74) is 0.978. The van der Waals surface area contributed by atoms with E-state index in [2.05, 4.69) is 17.0 Å². The number of carbonyl (C=O) groups excluding carboxylic acids is 1. The molecule has 2 heterocycles. The fraction of sp³-hybridized carbons (Fsp3) is 0.238. The number of carbonyl (C=O) groups is 1. The Morgan fingerprint density at radius 2 is 1.74 bits per heavy atom. The van der Waals surface area contributed by atoms with Gasteiger partial charge in [0, 0.05) is 38.1 Å². The van der Waals surface area contributed by atoms with E-state index in [9.17, 15) is 9.59 Å². The molecule has 0 N–H and O–H groups in total. The molecule has 0 saturated carbocycles. The minimum atomic E-state index is -0.646. The van der Waals surface area contributed by atoms with E-state index in [0.717, 1.165) is 19.6 Å². The molecule has 1 amide bonds. The van der Waals surface area contributed by atoms with Gasteiger partial charge >= 0.3 is 5.63 Å². The van der Waals surface area contributed by atoms with Crippen LogP contribution in [0.15, 0.2) is 63.8 Å². The molecule has 0 unspecified atom stereocenters. The lowest BCUT2D eigenvalue weighted by molar-refractivity contribution is 0.0624. The van der Waals surface area contributed by atoms with E-state index < -0.39 is 5.63 Å². The number of nitrogens with zero attached hydrogens (tertiary/aromatic N) is 2. The van der Waals surface area contributed by atoms with Crippen molar-refractivity contribution in [2.24, 2.45) is 0 Å². The molecule has 1 saturated heterocycles. The molecule has 5 nitrogen and oxygen atoms in total. The molecule has 1 aliphatic rings. The van der Waals surface area contributed by atoms with Crippen LogP contribution in [0.25, 0.3) is 11.0 Å². The van der Waals surface area contributed by atoms with E-state index in [0.29, 0.717) is 29.1 Å². The fourth-order valence-electron chi connectivity index (χ4n) is 3.38. The van der Waals surface area contributed by atoms with E-state index >= 15 is 0 Å². The molecule has 0 spiro atoms. The van der Waals surface area contributed by atoms with Crippen molar-refractivity contribution in [3.05, 3.63) is 81.2 Å². The fourth-order valence-corrected chi connectivity index (χ4v) is 3.60. The summed E-state index contributed by atoms with van der Waals surface area (Å²) in [6, 6.07) is 17.0. The summed E-state index contributed by atoms with van der Waals surface area (Å²) < 4.78 is 5.29. The highest BCUT2D eigenvalue weighted by atomic mass is 35.5. The molecule has 138 valence electrons. The van der Waals surface area contributed by atoms with Crippen molar-refractivity contribution in [1.82, 2.24) is 9.80 Å². The Bertz CT molecular complexity index is 1020. The third-order valence-electron chi connectivity index (χ3n) is 4.85. The van der Waals surface area contributed by atoms with E-state index in [1.54, 1.807) is 29.2 Å². The molecular weight excluding hydrogens is 364 g/mol. The monoisotopic (exact) mass is 382 g/mol. The van der Waals surface area contributed by atoms with Crippen LogP contribution in [0.2, 0.25) is 5.02 Å². The molecule has 27 heavy (non-hydrogen) atoms. The molecule has 3 aromatic rings. The van der Waals surface area contributed by atoms with E-state index in [1.165, 1.54) is 5.56 Å². The van der Waals surface area contributed by atoms with Gasteiger partial charge in [0.05, 0.1) is 5.02 Å². The van der Waals surface area contributed by atoms with Crippen LogP contribution in [0.1, 0.15) is 15.9 Å². The number of para-hydroxylation sites is 1. The molecule has 4 rings (SSSR count). The van der Waals surface area contributed by atoms with Crippen LogP contribution in [0, 0.1) is 0 Å². The van der Waals surface area contributed by atoms with Gasteiger partial charge in [-0.25, -0.2) is 4.79 Å². The second-order valence-corrected chi connectivity index (χ2v) is 7.07. The maximum absolute atomic E-state index is 12.8. The normalized spacial score (nSPS) is 15.2. The van der Waals surface area contributed by atoms with Crippen molar-refractivity contribution >= 4 is 28.5 Å². The quantitative estimate of drug-likeness (QED) is 0.651. The van der Waals surface area contributed by atoms with Crippen molar-refractivity contribution in [2.45, 2.75) is 6.54 Å². The van der Waals surface area contributed by atoms with Crippen LogP contribution in [0.5, 0.6) is 0 Å². The molecular formula is C21H19ClN2O3. The highest BCUT2D eigenvalue weighted by Gasteiger charge is 2.25. The summed E-state index contributed by atoms with van der Waals surface area (Å²) in [6.45, 7) is 3.56. The Labute approximate surface area is 161 Å². The van der Waals surface area contributed by atoms with Crippen LogP contribution >= 0.6 is 11.6 Å². The smallest absolute Gasteiger partial charge is 0.349 e. The maximum Gasteiger partial charge on any atom is 0.349 e. The largest absolute Gasteiger partial charge is 0.421 e. The van der Waals surface area contributed by atoms with E-state index in [4.69, 9.17) is 16.0 Å². The van der Waals surface area contributed by atoms with Gasteiger partial charge in [-0.2, -0.15) is 0 Å². The van der Waals surface area contributed by atoms with Gasteiger partial charge in [-0.05, 0) is 17.7 Å². The Kier molecular flexibility index (Phi) is 4.97. The van der Waals surface area contributed by atoms with Crippen molar-refractivity contribution < 1.29 is 9.21 Å². The summed E-state index contributed by atoms with van der Waals surface area (Å²) in [5.74, 6) is -0.287. The van der Waals surface area contributed by atoms with Crippen LogP contribution in [0.3, 0.4) is 0 Å². The molecule has 0 atom stereocenters. The van der Waals surface area contributed by atoms with Gasteiger partial charge in [0.25, 0.3) is 5.91 Å². The standard InChI is InChI=1S/C21H19ClN2O3/c22-18-8-4-7-16-13-17(21(26)27-19(16)18)20(25)24-11-9-23(10-12-24)14-15-5-2-1-3-6-15/h1-8,13H,9-12,14H2. The summed E-state index contributed by atoms with van der Waals surface area (Å²) in [5, 5.41) is 1.01. The molecule has 2 aromatic carbocycles. The topological polar surface area (TPSA) is 53.8 Å². The summed E-state index contributed by atoms with van der Waals surface area (Å²) in [7, 11) is 0. The predicted molar refractivity (Wildman–Crippen MR) is 105 cm³/mol. The first kappa shape index (κ1) is 17.8. The minimum Gasteiger partial charge on any atom is -0.421 e. The minimum absolute atomic E-state index is 0.0567. The molecule has 0 aliphatic carbocycles. The molecule has 6 heteroatoms. The zero-order valence-corrected chi connectivity index (χ0v) is 15.5. The molecule has 1 fully saturated rings. The van der Waals surface area contributed by atoms with Crippen LogP contribution < -0.4 is 5.63 Å². The summed E-state index contributed by atoms with van der Waals surface area (Å²) in [6.07, 6.45) is 0. The zero-order valence-electron chi connectivity index (χ0n) is 14.7. The third kappa shape index (κ3) is 3.75. The van der Waals surface area contributed by atoms with Gasteiger partial charge < -0.3 is 9.32 Å². The number of halogens is 1. The number of hydrogen-bond donors (Lipinski definition) is 0. The first-order chi connectivity index (χ1) is 13.1. The number of rotatable bonds is 3. The summed E-state index contributed by atoms with van der Waals surface area (Å²) in [4.78, 5) is 29.1. The van der Waals surface area contributed by atoms with E-state index in [-0.39, 0.29) is 11.5 Å². The highest BCUT2D eigenvalue weighted by molar-refractivity contribution is 6.34. The molecule has 0 radical (unpaired) electrons. The number of hydrogen-bond acceptors (Lipinski definition) is 4. The van der Waals surface area contributed by atoms with E-state index in [1.807, 2.05) is 18.2 Å². The lowest BCUT2D eigenvalue weighted by Crippen LogP contribution is -2.49. The number of benzene rings is 2. The Morgan fingerprint density at radius 3 is 2.48 bits per heavy atom. The van der Waals surface area contributed by atoms with Crippen LogP contribution in [-0.2, 0) is 6.54 Å². The lowest BCUT2D eigenvalue weighted by Gasteiger charge is -2.34. The average Bonchev–Trinajstić information content (AvgIpc) is 2.69. The third-order valence-corrected chi connectivity index (χ3v) is 5.15. The maximum atomic E-state index is 12.8. The number of fused-ring (bicyclic) bond motifs is 1. The van der Waals surface area contributed by atoms with Crippen LogP contribution in [-0.4, -0.2) is 41.9 Å². The molecule has 1 aromatic heterocycles. The molecule has 1 aliphatic heterocycles. The second-order valence-electron chi connectivity index (χ2n) is 6.66. The Balaban J connectivity index is 1.47. The van der Waals surface area contributed by atoms with Crippen molar-refractivity contribution in [2.75, 3.05) is 26.2 Å². The zero-order chi connectivity index (χ0) is 18.8. The van der Waals surface area contributed by atoms with Gasteiger partial charge in [-0.3, -0.25) is 9.69 Å². The highest BCUT2D eigenvalue weighted by Crippen LogP contribution is 2.23. The first-order valence-electron chi connectivity index (χ1n) is 8.90. The number of piperazine rings is 1. The van der Waals surface area contributed by atoms with Gasteiger partial charge in [-0.1, -0.05) is 54.1 Å². The van der Waals surface area contributed by atoms with Crippen molar-refractivity contribution in [3.63, 3.8) is 0 Å². The van der Waals surface area contributed by atoms with Crippen molar-refractivity contribution in [3.8, 4) is 0 Å². The van der Waals surface area contributed by atoms with Gasteiger partial charge in [0.2, 0.25) is 0 Å². The van der Waals surface area contributed by atoms with Crippen molar-refractivity contribution in [1.29, 1.82) is 0 Å². The first-order valence-corrected chi connectivity index (χ1v) is 9.27. The number of amides is 1. The Hall–Kier alpha value is -2.63. The second kappa shape index (κ2) is 7.55. The van der Waals surface area contributed by atoms with Crippen LogP contribution in [0.4, 0.5) is 0 Å². The van der Waals surface area contributed by atoms with Gasteiger partial charge in [0.15, 0.2) is 5.58 Å². The average molecular weight is 383 g/mol. The lowest BCUT2D eigenvalue weighted by atomic mass is 10.1. The Morgan fingerprint density at radius 1 is 1.00 bits per heavy atom. The SMILES string of the molecule is O=C(c1cc2cccc(Cl)c2oc1=O)N1CCN(Cc2ccccc2)CC1. The predicted octanol–water partition coefficient (Wildman–Crippen LogP) is 3.40. The van der Waals surface area contributed by atoms with Gasteiger partial charge in [0.1, 0.15) is 5.56 Å². The molecule has 0 bridgehead atoms. The van der Waals surface area contributed by atoms with Gasteiger partial charge in [-0.15, -0.1) is 0 Å². The summed E-state index contributed by atoms with van der Waals surface area (Å²) >= 11 is 6.06.